The fraction of sp³-hybridized carbons (Fsp3) is 0.900. The largest absolute Gasteiger partial charge is 0.378 e. The van der Waals surface area contributed by atoms with E-state index >= 15 is 0 Å². The van der Waals surface area contributed by atoms with Crippen molar-refractivity contribution in [1.29, 1.82) is 0 Å². The summed E-state index contributed by atoms with van der Waals surface area (Å²) >= 11 is 3.36. The van der Waals surface area contributed by atoms with Gasteiger partial charge in [-0.15, -0.1) is 0 Å². The fourth-order valence-electron chi connectivity index (χ4n) is 1.60. The third-order valence-electron chi connectivity index (χ3n) is 2.50. The number of alkyl halides is 1. The SMILES string of the molecule is CC(CCBr)NC(=O)C1COC(C)C1. The van der Waals surface area contributed by atoms with E-state index in [9.17, 15) is 4.79 Å². The number of carbonyl (C=O) groups excluding carboxylic acids is 1. The Hall–Kier alpha value is -0.0900. The van der Waals surface area contributed by atoms with Crippen LogP contribution in [0.2, 0.25) is 0 Å². The zero-order valence-corrected chi connectivity index (χ0v) is 10.3. The first-order chi connectivity index (χ1) is 6.63. The molecule has 0 spiro atoms. The van der Waals surface area contributed by atoms with Crippen molar-refractivity contribution in [1.82, 2.24) is 5.32 Å². The molecule has 0 bridgehead atoms. The van der Waals surface area contributed by atoms with Gasteiger partial charge in [-0.05, 0) is 26.7 Å². The fourth-order valence-corrected chi connectivity index (χ4v) is 2.28. The molecule has 4 heteroatoms. The van der Waals surface area contributed by atoms with Gasteiger partial charge in [-0.1, -0.05) is 15.9 Å². The van der Waals surface area contributed by atoms with Crippen molar-refractivity contribution in [3.8, 4) is 0 Å². The van der Waals surface area contributed by atoms with E-state index in [1.165, 1.54) is 0 Å². The van der Waals surface area contributed by atoms with E-state index in [4.69, 9.17) is 4.74 Å². The third-order valence-corrected chi connectivity index (χ3v) is 2.96. The van der Waals surface area contributed by atoms with E-state index in [1.807, 2.05) is 13.8 Å². The Morgan fingerprint density at radius 1 is 1.71 bits per heavy atom. The summed E-state index contributed by atoms with van der Waals surface area (Å²) in [5.74, 6) is 0.200. The van der Waals surface area contributed by atoms with Gasteiger partial charge in [0, 0.05) is 11.4 Å². The highest BCUT2D eigenvalue weighted by molar-refractivity contribution is 9.09. The predicted octanol–water partition coefficient (Wildman–Crippen LogP) is 1.70. The molecule has 1 saturated heterocycles. The Kier molecular flexibility index (Phi) is 4.89. The van der Waals surface area contributed by atoms with Crippen molar-refractivity contribution in [2.24, 2.45) is 5.92 Å². The second-order valence-electron chi connectivity index (χ2n) is 3.96. The minimum absolute atomic E-state index is 0.0581. The van der Waals surface area contributed by atoms with Gasteiger partial charge in [0.15, 0.2) is 0 Å². The Balaban J connectivity index is 2.27. The molecular weight excluding hydrogens is 246 g/mol. The van der Waals surface area contributed by atoms with Gasteiger partial charge in [0.25, 0.3) is 0 Å². The van der Waals surface area contributed by atoms with Crippen LogP contribution in [0.5, 0.6) is 0 Å². The van der Waals surface area contributed by atoms with Crippen molar-refractivity contribution in [3.63, 3.8) is 0 Å². The summed E-state index contributed by atoms with van der Waals surface area (Å²) in [6.07, 6.45) is 2.05. The number of ether oxygens (including phenoxy) is 1. The van der Waals surface area contributed by atoms with Crippen LogP contribution in [0.3, 0.4) is 0 Å². The molecular formula is C10H18BrNO2. The topological polar surface area (TPSA) is 38.3 Å². The number of hydrogen-bond acceptors (Lipinski definition) is 2. The van der Waals surface area contributed by atoms with Crippen molar-refractivity contribution < 1.29 is 9.53 Å². The third kappa shape index (κ3) is 3.58. The summed E-state index contributed by atoms with van der Waals surface area (Å²) in [6, 6.07) is 0.248. The van der Waals surface area contributed by atoms with Gasteiger partial charge in [-0.2, -0.15) is 0 Å². The average Bonchev–Trinajstić information content (AvgIpc) is 2.52. The number of hydrogen-bond donors (Lipinski definition) is 1. The summed E-state index contributed by atoms with van der Waals surface area (Å²) in [6.45, 7) is 4.61. The number of amides is 1. The van der Waals surface area contributed by atoms with Crippen LogP contribution < -0.4 is 5.32 Å². The van der Waals surface area contributed by atoms with Gasteiger partial charge in [-0.3, -0.25) is 4.79 Å². The molecule has 0 aromatic carbocycles. The maximum absolute atomic E-state index is 11.7. The molecule has 3 nitrogen and oxygen atoms in total. The number of carbonyl (C=O) groups is 1. The van der Waals surface area contributed by atoms with E-state index in [0.29, 0.717) is 6.61 Å². The molecule has 1 aliphatic rings. The van der Waals surface area contributed by atoms with Gasteiger partial charge in [0.2, 0.25) is 5.91 Å². The van der Waals surface area contributed by atoms with Crippen molar-refractivity contribution in [2.75, 3.05) is 11.9 Å². The molecule has 0 radical (unpaired) electrons. The minimum Gasteiger partial charge on any atom is -0.378 e. The summed E-state index contributed by atoms with van der Waals surface area (Å²) < 4.78 is 5.36. The zero-order valence-electron chi connectivity index (χ0n) is 8.75. The highest BCUT2D eigenvalue weighted by atomic mass is 79.9. The molecule has 14 heavy (non-hydrogen) atoms. The van der Waals surface area contributed by atoms with Crippen LogP contribution in [0.25, 0.3) is 0 Å². The molecule has 0 aromatic heterocycles. The van der Waals surface area contributed by atoms with Crippen LogP contribution in [0.15, 0.2) is 0 Å². The molecule has 3 unspecified atom stereocenters. The van der Waals surface area contributed by atoms with E-state index in [0.717, 1.165) is 18.2 Å². The first kappa shape index (κ1) is 12.0. The van der Waals surface area contributed by atoms with Crippen LogP contribution in [0.4, 0.5) is 0 Å². The highest BCUT2D eigenvalue weighted by Gasteiger charge is 2.28. The van der Waals surface area contributed by atoms with Crippen molar-refractivity contribution in [3.05, 3.63) is 0 Å². The molecule has 0 aromatic rings. The standard InChI is InChI=1S/C10H18BrNO2/c1-7(3-4-11)12-10(13)9-5-8(2)14-6-9/h7-9H,3-6H2,1-2H3,(H,12,13). The Labute approximate surface area is 93.7 Å². The zero-order chi connectivity index (χ0) is 10.6. The van der Waals surface area contributed by atoms with E-state index < -0.39 is 0 Å². The van der Waals surface area contributed by atoms with Crippen LogP contribution in [-0.4, -0.2) is 30.0 Å². The van der Waals surface area contributed by atoms with Crippen LogP contribution in [-0.2, 0) is 9.53 Å². The van der Waals surface area contributed by atoms with E-state index in [2.05, 4.69) is 21.2 Å². The second-order valence-corrected chi connectivity index (χ2v) is 4.76. The van der Waals surface area contributed by atoms with Gasteiger partial charge < -0.3 is 10.1 Å². The molecule has 1 aliphatic heterocycles. The molecule has 3 atom stereocenters. The highest BCUT2D eigenvalue weighted by Crippen LogP contribution is 2.19. The lowest BCUT2D eigenvalue weighted by Crippen LogP contribution is -2.37. The van der Waals surface area contributed by atoms with E-state index in [-0.39, 0.29) is 24.0 Å². The van der Waals surface area contributed by atoms with Gasteiger partial charge in [-0.25, -0.2) is 0 Å². The first-order valence-corrected chi connectivity index (χ1v) is 6.23. The molecule has 1 fully saturated rings. The number of nitrogens with one attached hydrogen (secondary N) is 1. The van der Waals surface area contributed by atoms with Crippen LogP contribution in [0, 0.1) is 5.92 Å². The lowest BCUT2D eigenvalue weighted by Gasteiger charge is -2.15. The summed E-state index contributed by atoms with van der Waals surface area (Å²) in [7, 11) is 0. The minimum atomic E-state index is 0.0581. The molecule has 82 valence electrons. The number of rotatable bonds is 4. The van der Waals surface area contributed by atoms with E-state index in [1.54, 1.807) is 0 Å². The Bertz CT molecular complexity index is 199. The lowest BCUT2D eigenvalue weighted by atomic mass is 10.1. The smallest absolute Gasteiger partial charge is 0.225 e. The predicted molar refractivity (Wildman–Crippen MR) is 59.5 cm³/mol. The molecule has 1 rings (SSSR count). The number of halogens is 1. The molecule has 1 heterocycles. The van der Waals surface area contributed by atoms with Gasteiger partial charge >= 0.3 is 0 Å². The normalized spacial score (nSPS) is 28.8. The van der Waals surface area contributed by atoms with Gasteiger partial charge in [0.05, 0.1) is 18.6 Å². The Morgan fingerprint density at radius 3 is 2.93 bits per heavy atom. The molecule has 0 aliphatic carbocycles. The summed E-state index contributed by atoms with van der Waals surface area (Å²) in [5.41, 5.74) is 0. The monoisotopic (exact) mass is 263 g/mol. The molecule has 1 amide bonds. The van der Waals surface area contributed by atoms with Crippen molar-refractivity contribution in [2.45, 2.75) is 38.8 Å². The maximum Gasteiger partial charge on any atom is 0.225 e. The average molecular weight is 264 g/mol. The maximum atomic E-state index is 11.7. The first-order valence-electron chi connectivity index (χ1n) is 5.11. The van der Waals surface area contributed by atoms with Crippen LogP contribution in [0.1, 0.15) is 26.7 Å². The molecule has 0 saturated carbocycles. The Morgan fingerprint density at radius 2 is 2.43 bits per heavy atom. The lowest BCUT2D eigenvalue weighted by molar-refractivity contribution is -0.125. The molecule has 1 N–H and O–H groups in total. The van der Waals surface area contributed by atoms with Gasteiger partial charge in [0.1, 0.15) is 0 Å². The summed E-state index contributed by atoms with van der Waals surface area (Å²) in [4.78, 5) is 11.7. The second kappa shape index (κ2) is 5.71. The quantitative estimate of drug-likeness (QED) is 0.785. The van der Waals surface area contributed by atoms with Crippen LogP contribution >= 0.6 is 15.9 Å². The van der Waals surface area contributed by atoms with Crippen molar-refractivity contribution >= 4 is 21.8 Å². The summed E-state index contributed by atoms with van der Waals surface area (Å²) in [5, 5.41) is 3.92.